The molecule has 1 saturated heterocycles. The lowest BCUT2D eigenvalue weighted by atomic mass is 9.89. The second kappa shape index (κ2) is 8.18. The van der Waals surface area contributed by atoms with Crippen LogP contribution in [0.25, 0.3) is 0 Å². The van der Waals surface area contributed by atoms with Crippen LogP contribution in [0.15, 0.2) is 30.3 Å². The molecule has 1 spiro atoms. The highest BCUT2D eigenvalue weighted by molar-refractivity contribution is 5.98. The zero-order chi connectivity index (χ0) is 18.6. The van der Waals surface area contributed by atoms with E-state index in [0.29, 0.717) is 12.1 Å². The first-order valence-electron chi connectivity index (χ1n) is 9.49. The Kier molecular flexibility index (Phi) is 5.94. The molecule has 1 saturated carbocycles. The minimum atomic E-state index is -0.630. The first-order valence-corrected chi connectivity index (χ1v) is 9.49. The monoisotopic (exact) mass is 359 g/mol. The Morgan fingerprint density at radius 2 is 1.88 bits per heavy atom. The summed E-state index contributed by atoms with van der Waals surface area (Å²) >= 11 is 0. The molecule has 2 fully saturated rings. The van der Waals surface area contributed by atoms with E-state index in [2.05, 4.69) is 5.32 Å². The van der Waals surface area contributed by atoms with Crippen molar-refractivity contribution in [2.45, 2.75) is 43.9 Å². The summed E-state index contributed by atoms with van der Waals surface area (Å²) in [5, 5.41) is 2.96. The fourth-order valence-electron chi connectivity index (χ4n) is 3.91. The van der Waals surface area contributed by atoms with Crippen molar-refractivity contribution in [2.75, 3.05) is 33.8 Å². The molecule has 6 heteroatoms. The number of carbonyl (C=O) groups excluding carboxylic acids is 2. The number of hydrogen-bond donors (Lipinski definition) is 1. The lowest BCUT2D eigenvalue weighted by Gasteiger charge is -2.41. The number of ether oxygens (including phenoxy) is 1. The predicted octanol–water partition coefficient (Wildman–Crippen LogP) is 1.87. The topological polar surface area (TPSA) is 61.9 Å². The number of benzene rings is 1. The minimum absolute atomic E-state index is 0.113. The second-order valence-corrected chi connectivity index (χ2v) is 7.47. The highest BCUT2D eigenvalue weighted by Gasteiger charge is 2.52. The van der Waals surface area contributed by atoms with Gasteiger partial charge in [0.05, 0.1) is 6.61 Å². The summed E-state index contributed by atoms with van der Waals surface area (Å²) in [6, 6.07) is 8.63. The van der Waals surface area contributed by atoms with Gasteiger partial charge in [-0.3, -0.25) is 14.5 Å². The number of likely N-dealkylation sites (N-methyl/N-ethyl adjacent to an activating group) is 1. The van der Waals surface area contributed by atoms with Crippen molar-refractivity contribution >= 4 is 11.8 Å². The summed E-state index contributed by atoms with van der Waals surface area (Å²) < 4.78 is 6.13. The van der Waals surface area contributed by atoms with Crippen molar-refractivity contribution in [3.05, 3.63) is 35.9 Å². The molecule has 1 aromatic rings. The van der Waals surface area contributed by atoms with E-state index in [0.717, 1.165) is 38.6 Å². The normalized spacial score (nSPS) is 22.0. The summed E-state index contributed by atoms with van der Waals surface area (Å²) in [7, 11) is 3.93. The van der Waals surface area contributed by atoms with Gasteiger partial charge in [-0.15, -0.1) is 0 Å². The SMILES string of the molecule is CN(C)CCNC(=O)[C@H]1COC2(CCCCC2)N1C(=O)c1ccccc1. The Hall–Kier alpha value is -1.92. The molecule has 2 amide bonds. The predicted molar refractivity (Wildman–Crippen MR) is 99.7 cm³/mol. The van der Waals surface area contributed by atoms with E-state index in [-0.39, 0.29) is 18.4 Å². The molecule has 1 aliphatic heterocycles. The Balaban J connectivity index is 1.81. The maximum absolute atomic E-state index is 13.3. The third-order valence-electron chi connectivity index (χ3n) is 5.30. The van der Waals surface area contributed by atoms with Crippen molar-refractivity contribution in [1.82, 2.24) is 15.1 Å². The van der Waals surface area contributed by atoms with Gasteiger partial charge in [0.25, 0.3) is 5.91 Å². The molecule has 1 N–H and O–H groups in total. The van der Waals surface area contributed by atoms with E-state index in [1.54, 1.807) is 17.0 Å². The van der Waals surface area contributed by atoms with Gasteiger partial charge in [0.2, 0.25) is 5.91 Å². The summed E-state index contributed by atoms with van der Waals surface area (Å²) in [4.78, 5) is 29.8. The molecule has 0 radical (unpaired) electrons. The molecule has 0 aromatic heterocycles. The van der Waals surface area contributed by atoms with Crippen molar-refractivity contribution < 1.29 is 14.3 Å². The van der Waals surface area contributed by atoms with Crippen LogP contribution >= 0.6 is 0 Å². The van der Waals surface area contributed by atoms with Crippen molar-refractivity contribution in [3.8, 4) is 0 Å². The first-order chi connectivity index (χ1) is 12.5. The largest absolute Gasteiger partial charge is 0.353 e. The molecule has 1 aliphatic carbocycles. The van der Waals surface area contributed by atoms with Gasteiger partial charge in [-0.05, 0) is 51.9 Å². The molecule has 1 aromatic carbocycles. The van der Waals surface area contributed by atoms with Crippen LogP contribution in [0.5, 0.6) is 0 Å². The molecule has 6 nitrogen and oxygen atoms in total. The fourth-order valence-corrected chi connectivity index (χ4v) is 3.91. The Morgan fingerprint density at radius 3 is 2.54 bits per heavy atom. The van der Waals surface area contributed by atoms with Gasteiger partial charge in [-0.2, -0.15) is 0 Å². The van der Waals surface area contributed by atoms with Crippen LogP contribution in [-0.2, 0) is 9.53 Å². The number of nitrogens with one attached hydrogen (secondary N) is 1. The van der Waals surface area contributed by atoms with Crippen LogP contribution in [0.2, 0.25) is 0 Å². The highest BCUT2D eigenvalue weighted by atomic mass is 16.5. The third-order valence-corrected chi connectivity index (χ3v) is 5.30. The lowest BCUT2D eigenvalue weighted by molar-refractivity contribution is -0.127. The van der Waals surface area contributed by atoms with Gasteiger partial charge in [-0.1, -0.05) is 24.6 Å². The number of amides is 2. The average Bonchev–Trinajstić information content (AvgIpc) is 3.00. The van der Waals surface area contributed by atoms with Crippen molar-refractivity contribution in [3.63, 3.8) is 0 Å². The summed E-state index contributed by atoms with van der Waals surface area (Å²) in [5.41, 5.74) is -0.0246. The van der Waals surface area contributed by atoms with Gasteiger partial charge in [0, 0.05) is 18.7 Å². The zero-order valence-electron chi connectivity index (χ0n) is 15.7. The third kappa shape index (κ3) is 3.91. The van der Waals surface area contributed by atoms with Crippen molar-refractivity contribution in [2.24, 2.45) is 0 Å². The van der Waals surface area contributed by atoms with E-state index in [1.165, 1.54) is 0 Å². The van der Waals surface area contributed by atoms with Crippen LogP contribution in [0.1, 0.15) is 42.5 Å². The van der Waals surface area contributed by atoms with Gasteiger partial charge in [-0.25, -0.2) is 0 Å². The summed E-state index contributed by atoms with van der Waals surface area (Å²) in [6.45, 7) is 1.59. The van der Waals surface area contributed by atoms with Gasteiger partial charge >= 0.3 is 0 Å². The van der Waals surface area contributed by atoms with Crippen molar-refractivity contribution in [1.29, 1.82) is 0 Å². The molecule has 0 bridgehead atoms. The Labute approximate surface area is 155 Å². The van der Waals surface area contributed by atoms with Crippen LogP contribution in [-0.4, -0.2) is 67.2 Å². The number of carbonyl (C=O) groups is 2. The highest BCUT2D eigenvalue weighted by Crippen LogP contribution is 2.41. The van der Waals surface area contributed by atoms with Gasteiger partial charge < -0.3 is 15.0 Å². The van der Waals surface area contributed by atoms with E-state index in [4.69, 9.17) is 4.74 Å². The van der Waals surface area contributed by atoms with Crippen LogP contribution in [0.3, 0.4) is 0 Å². The molecule has 2 aliphatic rings. The standard InChI is InChI=1S/C20H29N3O3/c1-22(2)14-13-21-18(24)17-15-26-20(11-7-4-8-12-20)23(17)19(25)16-9-5-3-6-10-16/h3,5-6,9-10,17H,4,7-8,11-15H2,1-2H3,(H,21,24)/t17-/m1/s1. The van der Waals surface area contributed by atoms with Gasteiger partial charge in [0.15, 0.2) is 0 Å². The maximum Gasteiger partial charge on any atom is 0.256 e. The average molecular weight is 359 g/mol. The smallest absolute Gasteiger partial charge is 0.256 e. The van der Waals surface area contributed by atoms with Crippen LogP contribution in [0, 0.1) is 0 Å². The zero-order valence-corrected chi connectivity index (χ0v) is 15.7. The fraction of sp³-hybridized carbons (Fsp3) is 0.600. The minimum Gasteiger partial charge on any atom is -0.353 e. The van der Waals surface area contributed by atoms with E-state index in [9.17, 15) is 9.59 Å². The lowest BCUT2D eigenvalue weighted by Crippen LogP contribution is -2.56. The molecular weight excluding hydrogens is 330 g/mol. The van der Waals surface area contributed by atoms with E-state index >= 15 is 0 Å². The molecular formula is C20H29N3O3. The van der Waals surface area contributed by atoms with Crippen LogP contribution < -0.4 is 5.32 Å². The van der Waals surface area contributed by atoms with E-state index in [1.807, 2.05) is 37.2 Å². The molecule has 0 unspecified atom stereocenters. The number of rotatable bonds is 5. The maximum atomic E-state index is 13.3. The van der Waals surface area contributed by atoms with E-state index < -0.39 is 11.8 Å². The molecule has 1 heterocycles. The number of nitrogens with zero attached hydrogens (tertiary/aromatic N) is 2. The van der Waals surface area contributed by atoms with Crippen LogP contribution in [0.4, 0.5) is 0 Å². The molecule has 1 atom stereocenters. The second-order valence-electron chi connectivity index (χ2n) is 7.47. The molecule has 142 valence electrons. The first kappa shape index (κ1) is 18.9. The Morgan fingerprint density at radius 1 is 1.19 bits per heavy atom. The van der Waals surface area contributed by atoms with Gasteiger partial charge in [0.1, 0.15) is 11.8 Å². The Bertz CT molecular complexity index is 626. The quantitative estimate of drug-likeness (QED) is 0.872. The molecule has 3 rings (SSSR count). The summed E-state index contributed by atoms with van der Waals surface area (Å²) in [5.74, 6) is -0.240. The number of hydrogen-bond acceptors (Lipinski definition) is 4. The summed E-state index contributed by atoms with van der Waals surface area (Å²) in [6.07, 6.45) is 4.79. The molecule has 26 heavy (non-hydrogen) atoms.